The Morgan fingerprint density at radius 3 is 2.50 bits per heavy atom. The summed E-state index contributed by atoms with van der Waals surface area (Å²) in [4.78, 5) is 28.5. The van der Waals surface area contributed by atoms with Crippen molar-refractivity contribution in [3.8, 4) is 11.5 Å². The minimum Gasteiger partial charge on any atom is -0.351 e. The van der Waals surface area contributed by atoms with Gasteiger partial charge in [0, 0.05) is 46.7 Å². The Labute approximate surface area is 175 Å². The van der Waals surface area contributed by atoms with Crippen LogP contribution in [0.1, 0.15) is 18.7 Å². The van der Waals surface area contributed by atoms with Gasteiger partial charge in [-0.05, 0) is 41.1 Å². The lowest BCUT2D eigenvalue weighted by molar-refractivity contribution is 0.703. The number of benzene rings is 1. The summed E-state index contributed by atoms with van der Waals surface area (Å²) in [5, 5.41) is 1.45. The SMILES string of the molecule is CC(c1nccnc1-c1ncccn1)N(C)c1ncnc2c(Br)cc(Cl)cc12. The average molecular weight is 457 g/mol. The molecule has 0 N–H and O–H groups in total. The molecule has 1 aromatic carbocycles. The van der Waals surface area contributed by atoms with Crippen LogP contribution in [0, 0.1) is 0 Å². The molecule has 0 bridgehead atoms. The summed E-state index contributed by atoms with van der Waals surface area (Å²) in [5.41, 5.74) is 2.18. The number of anilines is 1. The van der Waals surface area contributed by atoms with Crippen molar-refractivity contribution in [1.29, 1.82) is 0 Å². The first-order valence-electron chi connectivity index (χ1n) is 8.47. The van der Waals surface area contributed by atoms with Crippen molar-refractivity contribution in [2.24, 2.45) is 0 Å². The maximum absolute atomic E-state index is 6.26. The van der Waals surface area contributed by atoms with Gasteiger partial charge in [-0.1, -0.05) is 11.6 Å². The normalized spacial score (nSPS) is 12.1. The molecule has 0 amide bonds. The minimum absolute atomic E-state index is 0.150. The maximum atomic E-state index is 6.26. The van der Waals surface area contributed by atoms with Crippen LogP contribution in [0.15, 0.2) is 53.8 Å². The summed E-state index contributed by atoms with van der Waals surface area (Å²) in [6.45, 7) is 2.03. The largest absolute Gasteiger partial charge is 0.351 e. The van der Waals surface area contributed by atoms with Gasteiger partial charge in [-0.15, -0.1) is 0 Å². The van der Waals surface area contributed by atoms with Gasteiger partial charge in [0.1, 0.15) is 17.8 Å². The Kier molecular flexibility index (Phi) is 5.15. The van der Waals surface area contributed by atoms with E-state index >= 15 is 0 Å². The molecule has 0 fully saturated rings. The monoisotopic (exact) mass is 455 g/mol. The van der Waals surface area contributed by atoms with Gasteiger partial charge in [0.05, 0.1) is 17.3 Å². The van der Waals surface area contributed by atoms with Crippen LogP contribution in [0.25, 0.3) is 22.4 Å². The molecule has 0 aliphatic carbocycles. The number of nitrogens with zero attached hydrogens (tertiary/aromatic N) is 7. The lowest BCUT2D eigenvalue weighted by Gasteiger charge is -2.27. The zero-order valence-electron chi connectivity index (χ0n) is 15.1. The molecule has 1 unspecified atom stereocenters. The van der Waals surface area contributed by atoms with Crippen molar-refractivity contribution in [3.63, 3.8) is 0 Å². The molecule has 3 heterocycles. The maximum Gasteiger partial charge on any atom is 0.180 e. The zero-order valence-corrected chi connectivity index (χ0v) is 17.4. The summed E-state index contributed by atoms with van der Waals surface area (Å²) in [6.07, 6.45) is 8.22. The molecule has 0 aliphatic rings. The van der Waals surface area contributed by atoms with E-state index in [0.29, 0.717) is 16.5 Å². The molecule has 0 saturated carbocycles. The van der Waals surface area contributed by atoms with Crippen molar-refractivity contribution in [2.75, 3.05) is 11.9 Å². The van der Waals surface area contributed by atoms with Crippen molar-refractivity contribution in [2.45, 2.75) is 13.0 Å². The van der Waals surface area contributed by atoms with Crippen molar-refractivity contribution >= 4 is 44.3 Å². The van der Waals surface area contributed by atoms with Crippen LogP contribution in [-0.4, -0.2) is 37.0 Å². The lowest BCUT2D eigenvalue weighted by atomic mass is 10.1. The molecule has 28 heavy (non-hydrogen) atoms. The first-order valence-corrected chi connectivity index (χ1v) is 9.64. The molecule has 0 saturated heterocycles. The number of hydrogen-bond donors (Lipinski definition) is 0. The Hall–Kier alpha value is -2.71. The zero-order chi connectivity index (χ0) is 19.7. The number of rotatable bonds is 4. The van der Waals surface area contributed by atoms with Gasteiger partial charge < -0.3 is 4.90 Å². The highest BCUT2D eigenvalue weighted by molar-refractivity contribution is 9.10. The van der Waals surface area contributed by atoms with Crippen LogP contribution >= 0.6 is 27.5 Å². The molecule has 1 atom stereocenters. The minimum atomic E-state index is -0.150. The van der Waals surface area contributed by atoms with Crippen LogP contribution in [0.5, 0.6) is 0 Å². The highest BCUT2D eigenvalue weighted by Gasteiger charge is 2.23. The fraction of sp³-hybridized carbons (Fsp3) is 0.158. The fourth-order valence-electron chi connectivity index (χ4n) is 2.97. The van der Waals surface area contributed by atoms with E-state index in [1.54, 1.807) is 30.9 Å². The van der Waals surface area contributed by atoms with E-state index in [2.05, 4.69) is 45.8 Å². The predicted octanol–water partition coefficient (Wildman–Crippen LogP) is 4.49. The van der Waals surface area contributed by atoms with E-state index in [4.69, 9.17) is 11.6 Å². The molecular formula is C19H15BrClN7. The molecule has 0 aliphatic heterocycles. The molecular weight excluding hydrogens is 442 g/mol. The number of halogens is 2. The molecule has 0 radical (unpaired) electrons. The molecule has 9 heteroatoms. The van der Waals surface area contributed by atoms with E-state index < -0.39 is 0 Å². The summed E-state index contributed by atoms with van der Waals surface area (Å²) >= 11 is 9.78. The summed E-state index contributed by atoms with van der Waals surface area (Å²) in [5.74, 6) is 1.27. The van der Waals surface area contributed by atoms with Crippen molar-refractivity contribution in [3.05, 3.63) is 64.5 Å². The molecule has 4 aromatic rings. The van der Waals surface area contributed by atoms with Crippen LogP contribution in [0.4, 0.5) is 5.82 Å². The highest BCUT2D eigenvalue weighted by Crippen LogP contribution is 2.35. The van der Waals surface area contributed by atoms with Gasteiger partial charge in [0.25, 0.3) is 0 Å². The first-order chi connectivity index (χ1) is 13.6. The number of hydrogen-bond acceptors (Lipinski definition) is 7. The third-order valence-electron chi connectivity index (χ3n) is 4.45. The van der Waals surface area contributed by atoms with Gasteiger partial charge in [0.2, 0.25) is 0 Å². The third kappa shape index (κ3) is 3.41. The number of fused-ring (bicyclic) bond motifs is 1. The quantitative estimate of drug-likeness (QED) is 0.447. The van der Waals surface area contributed by atoms with Crippen LogP contribution in [-0.2, 0) is 0 Å². The topological polar surface area (TPSA) is 80.6 Å². The van der Waals surface area contributed by atoms with Gasteiger partial charge in [-0.2, -0.15) is 0 Å². The Morgan fingerprint density at radius 2 is 1.71 bits per heavy atom. The average Bonchev–Trinajstić information content (AvgIpc) is 2.73. The second kappa shape index (κ2) is 7.73. The van der Waals surface area contributed by atoms with Gasteiger partial charge in [-0.25, -0.2) is 24.9 Å². The second-order valence-electron chi connectivity index (χ2n) is 6.13. The second-order valence-corrected chi connectivity index (χ2v) is 7.42. The third-order valence-corrected chi connectivity index (χ3v) is 5.27. The van der Waals surface area contributed by atoms with E-state index in [9.17, 15) is 0 Å². The van der Waals surface area contributed by atoms with Gasteiger partial charge in [-0.3, -0.25) is 4.98 Å². The van der Waals surface area contributed by atoms with Gasteiger partial charge in [0.15, 0.2) is 5.82 Å². The standard InChI is InChI=1S/C19H15BrClN7/c1-11(15-17(23-7-6-22-15)18-24-4-3-5-25-18)28(2)19-13-8-12(21)9-14(20)16(13)26-10-27-19/h3-11H,1-2H3. The van der Waals surface area contributed by atoms with E-state index in [1.165, 1.54) is 6.33 Å². The summed E-state index contributed by atoms with van der Waals surface area (Å²) in [7, 11) is 1.95. The van der Waals surface area contributed by atoms with Crippen molar-refractivity contribution < 1.29 is 0 Å². The van der Waals surface area contributed by atoms with E-state index in [0.717, 1.165) is 26.9 Å². The molecule has 3 aromatic heterocycles. The van der Waals surface area contributed by atoms with Crippen LogP contribution in [0.3, 0.4) is 0 Å². The summed E-state index contributed by atoms with van der Waals surface area (Å²) < 4.78 is 0.817. The van der Waals surface area contributed by atoms with E-state index in [-0.39, 0.29) is 6.04 Å². The fourth-order valence-corrected chi connectivity index (χ4v) is 3.89. The molecule has 0 spiro atoms. The highest BCUT2D eigenvalue weighted by atomic mass is 79.9. The Morgan fingerprint density at radius 1 is 0.964 bits per heavy atom. The smallest absolute Gasteiger partial charge is 0.180 e. The molecule has 4 rings (SSSR count). The lowest BCUT2D eigenvalue weighted by Crippen LogP contribution is -2.25. The number of aromatic nitrogens is 6. The molecule has 140 valence electrons. The first kappa shape index (κ1) is 18.6. The van der Waals surface area contributed by atoms with Crippen molar-refractivity contribution in [1.82, 2.24) is 29.9 Å². The van der Waals surface area contributed by atoms with E-state index in [1.807, 2.05) is 31.0 Å². The summed E-state index contributed by atoms with van der Waals surface area (Å²) in [6, 6.07) is 5.29. The van der Waals surface area contributed by atoms with Gasteiger partial charge >= 0.3 is 0 Å². The molecule has 7 nitrogen and oxygen atoms in total. The Balaban J connectivity index is 1.81. The van der Waals surface area contributed by atoms with Crippen LogP contribution < -0.4 is 4.90 Å². The predicted molar refractivity (Wildman–Crippen MR) is 112 cm³/mol. The van der Waals surface area contributed by atoms with Crippen LogP contribution in [0.2, 0.25) is 5.02 Å². The Bertz CT molecular complexity index is 1140.